The minimum atomic E-state index is 0.121. The van der Waals surface area contributed by atoms with Gasteiger partial charge in [0.2, 0.25) is 5.91 Å². The third kappa shape index (κ3) is 4.36. The van der Waals surface area contributed by atoms with Gasteiger partial charge in [0.1, 0.15) is 0 Å². The zero-order chi connectivity index (χ0) is 20.4. The summed E-state index contributed by atoms with van der Waals surface area (Å²) >= 11 is 0. The SMILES string of the molecule is Cc1c([C@@H]2[C@@H](CNC3CCN(Cc4ccncc4)CC3)CC(=O)N2C)cnn1C. The zero-order valence-corrected chi connectivity index (χ0v) is 17.7. The van der Waals surface area contributed by atoms with Crippen LogP contribution in [0.15, 0.2) is 30.7 Å². The first-order valence-corrected chi connectivity index (χ1v) is 10.6. The van der Waals surface area contributed by atoms with E-state index in [1.807, 2.05) is 42.3 Å². The largest absolute Gasteiger partial charge is 0.338 e. The van der Waals surface area contributed by atoms with Gasteiger partial charge >= 0.3 is 0 Å². The molecule has 2 saturated heterocycles. The molecule has 0 unspecified atom stereocenters. The van der Waals surface area contributed by atoms with E-state index in [0.717, 1.165) is 44.7 Å². The molecule has 2 fully saturated rings. The highest BCUT2D eigenvalue weighted by atomic mass is 16.2. The van der Waals surface area contributed by atoms with Crippen LogP contribution in [0.25, 0.3) is 0 Å². The normalized spacial score (nSPS) is 23.8. The van der Waals surface area contributed by atoms with Gasteiger partial charge in [-0.05, 0) is 50.6 Å². The number of nitrogens with zero attached hydrogens (tertiary/aromatic N) is 5. The molecule has 0 saturated carbocycles. The smallest absolute Gasteiger partial charge is 0.223 e. The van der Waals surface area contributed by atoms with E-state index in [2.05, 4.69) is 39.4 Å². The first kappa shape index (κ1) is 20.0. The summed E-state index contributed by atoms with van der Waals surface area (Å²) in [5, 5.41) is 8.17. The molecule has 0 bridgehead atoms. The number of piperidine rings is 1. The Bertz CT molecular complexity index is 827. The van der Waals surface area contributed by atoms with Gasteiger partial charge < -0.3 is 10.2 Å². The molecule has 0 aliphatic carbocycles. The van der Waals surface area contributed by atoms with Gasteiger partial charge in [-0.3, -0.25) is 19.4 Å². The highest BCUT2D eigenvalue weighted by Crippen LogP contribution is 2.38. The van der Waals surface area contributed by atoms with E-state index < -0.39 is 0 Å². The maximum atomic E-state index is 12.4. The third-order valence-corrected chi connectivity index (χ3v) is 6.70. The maximum Gasteiger partial charge on any atom is 0.223 e. The van der Waals surface area contributed by atoms with Crippen molar-refractivity contribution in [2.24, 2.45) is 13.0 Å². The van der Waals surface area contributed by atoms with Gasteiger partial charge in [0.25, 0.3) is 0 Å². The average molecular weight is 397 g/mol. The van der Waals surface area contributed by atoms with E-state index in [0.29, 0.717) is 18.4 Å². The van der Waals surface area contributed by atoms with Gasteiger partial charge in [-0.15, -0.1) is 0 Å². The monoisotopic (exact) mass is 396 g/mol. The predicted octanol–water partition coefficient (Wildman–Crippen LogP) is 1.90. The summed E-state index contributed by atoms with van der Waals surface area (Å²) in [6.45, 7) is 6.18. The van der Waals surface area contributed by atoms with Crippen LogP contribution < -0.4 is 5.32 Å². The molecule has 156 valence electrons. The van der Waals surface area contributed by atoms with Gasteiger partial charge in [0.05, 0.1) is 12.2 Å². The number of hydrogen-bond donors (Lipinski definition) is 1. The van der Waals surface area contributed by atoms with Gasteiger partial charge in [-0.25, -0.2) is 0 Å². The summed E-state index contributed by atoms with van der Waals surface area (Å²) in [6, 6.07) is 4.84. The van der Waals surface area contributed by atoms with E-state index >= 15 is 0 Å². The molecular formula is C22H32N6O. The Balaban J connectivity index is 1.30. The van der Waals surface area contributed by atoms with Crippen LogP contribution in [0.3, 0.4) is 0 Å². The molecule has 2 aromatic rings. The first-order valence-electron chi connectivity index (χ1n) is 10.6. The van der Waals surface area contributed by atoms with E-state index in [-0.39, 0.29) is 11.9 Å². The molecule has 29 heavy (non-hydrogen) atoms. The highest BCUT2D eigenvalue weighted by Gasteiger charge is 2.40. The molecule has 2 aliphatic rings. The van der Waals surface area contributed by atoms with Crippen molar-refractivity contribution in [3.05, 3.63) is 47.5 Å². The van der Waals surface area contributed by atoms with Crippen molar-refractivity contribution in [1.29, 1.82) is 0 Å². The Morgan fingerprint density at radius 1 is 1.17 bits per heavy atom. The van der Waals surface area contributed by atoms with Crippen LogP contribution in [0.1, 0.15) is 42.1 Å². The lowest BCUT2D eigenvalue weighted by Gasteiger charge is -2.33. The van der Waals surface area contributed by atoms with Crippen LogP contribution in [-0.4, -0.2) is 63.2 Å². The summed E-state index contributed by atoms with van der Waals surface area (Å²) in [5.41, 5.74) is 3.65. The molecule has 0 spiro atoms. The number of amides is 1. The Morgan fingerprint density at radius 2 is 1.90 bits per heavy atom. The number of likely N-dealkylation sites (tertiary alicyclic amines) is 2. The zero-order valence-electron chi connectivity index (χ0n) is 17.7. The summed E-state index contributed by atoms with van der Waals surface area (Å²) in [5.74, 6) is 0.530. The fraction of sp³-hybridized carbons (Fsp3) is 0.591. The van der Waals surface area contributed by atoms with Crippen LogP contribution in [0.4, 0.5) is 0 Å². The number of pyridine rings is 1. The van der Waals surface area contributed by atoms with E-state index in [1.54, 1.807) is 0 Å². The Kier molecular flexibility index (Phi) is 5.96. The maximum absolute atomic E-state index is 12.4. The number of carbonyl (C=O) groups is 1. The van der Waals surface area contributed by atoms with Crippen molar-refractivity contribution < 1.29 is 4.79 Å². The second-order valence-electron chi connectivity index (χ2n) is 8.54. The second kappa shape index (κ2) is 8.63. The van der Waals surface area contributed by atoms with Crippen LogP contribution in [0.5, 0.6) is 0 Å². The quantitative estimate of drug-likeness (QED) is 0.808. The van der Waals surface area contributed by atoms with Gasteiger partial charge in [-0.1, -0.05) is 0 Å². The molecule has 2 aliphatic heterocycles. The van der Waals surface area contributed by atoms with Crippen molar-refractivity contribution in [3.8, 4) is 0 Å². The summed E-state index contributed by atoms with van der Waals surface area (Å²) in [7, 11) is 3.89. The lowest BCUT2D eigenvalue weighted by atomic mass is 9.93. The fourth-order valence-electron chi connectivity index (χ4n) is 4.76. The Labute approximate surface area is 173 Å². The summed E-state index contributed by atoms with van der Waals surface area (Å²) < 4.78 is 1.90. The minimum Gasteiger partial charge on any atom is -0.338 e. The molecule has 4 rings (SSSR count). The molecule has 0 radical (unpaired) electrons. The van der Waals surface area contributed by atoms with E-state index in [1.165, 1.54) is 11.1 Å². The van der Waals surface area contributed by atoms with Crippen molar-refractivity contribution in [1.82, 2.24) is 29.9 Å². The molecule has 7 nitrogen and oxygen atoms in total. The van der Waals surface area contributed by atoms with Gasteiger partial charge in [-0.2, -0.15) is 5.10 Å². The molecular weight excluding hydrogens is 364 g/mol. The molecule has 4 heterocycles. The van der Waals surface area contributed by atoms with Gasteiger partial charge in [0.15, 0.2) is 0 Å². The Morgan fingerprint density at radius 3 is 2.55 bits per heavy atom. The second-order valence-corrected chi connectivity index (χ2v) is 8.54. The van der Waals surface area contributed by atoms with Crippen molar-refractivity contribution >= 4 is 5.91 Å². The van der Waals surface area contributed by atoms with E-state index in [9.17, 15) is 4.79 Å². The molecule has 7 heteroatoms. The molecule has 0 aromatic carbocycles. The molecule has 1 N–H and O–H groups in total. The molecule has 1 amide bonds. The van der Waals surface area contributed by atoms with Crippen molar-refractivity contribution in [2.45, 2.75) is 44.8 Å². The van der Waals surface area contributed by atoms with Crippen LogP contribution in [-0.2, 0) is 18.4 Å². The third-order valence-electron chi connectivity index (χ3n) is 6.70. The summed E-state index contributed by atoms with van der Waals surface area (Å²) in [6.07, 6.45) is 8.58. The topological polar surface area (TPSA) is 66.3 Å². The number of aryl methyl sites for hydroxylation is 1. The molecule has 2 atom stereocenters. The first-order chi connectivity index (χ1) is 14.0. The standard InChI is InChI=1S/C22H32N6O/c1-16-20(14-25-27(16)3)22-18(12-21(29)26(22)2)13-24-19-6-10-28(11-7-19)15-17-4-8-23-9-5-17/h4-5,8-9,14,18-19,22,24H,6-7,10-13,15H2,1-3H3/t18-,22+/m1/s1. The summed E-state index contributed by atoms with van der Waals surface area (Å²) in [4.78, 5) is 20.9. The Hall–Kier alpha value is -2.25. The van der Waals surface area contributed by atoms with Crippen LogP contribution in [0.2, 0.25) is 0 Å². The van der Waals surface area contributed by atoms with E-state index in [4.69, 9.17) is 0 Å². The molecule has 2 aromatic heterocycles. The number of carbonyl (C=O) groups excluding carboxylic acids is 1. The minimum absolute atomic E-state index is 0.121. The fourth-order valence-corrected chi connectivity index (χ4v) is 4.76. The van der Waals surface area contributed by atoms with Crippen molar-refractivity contribution in [2.75, 3.05) is 26.7 Å². The van der Waals surface area contributed by atoms with Crippen LogP contribution in [0, 0.1) is 12.8 Å². The highest BCUT2D eigenvalue weighted by molar-refractivity contribution is 5.79. The van der Waals surface area contributed by atoms with Crippen LogP contribution >= 0.6 is 0 Å². The lowest BCUT2D eigenvalue weighted by molar-refractivity contribution is -0.127. The number of nitrogens with one attached hydrogen (secondary N) is 1. The number of hydrogen-bond acceptors (Lipinski definition) is 5. The predicted molar refractivity (Wildman–Crippen MR) is 112 cm³/mol. The number of aromatic nitrogens is 3. The van der Waals surface area contributed by atoms with Gasteiger partial charge in [0, 0.05) is 69.2 Å². The average Bonchev–Trinajstić information content (AvgIpc) is 3.20. The van der Waals surface area contributed by atoms with Crippen molar-refractivity contribution in [3.63, 3.8) is 0 Å². The lowest BCUT2D eigenvalue weighted by Crippen LogP contribution is -2.44. The number of rotatable bonds is 6.